The molecular weight excluding hydrogens is 240 g/mol. The van der Waals surface area contributed by atoms with Crippen LogP contribution in [0.2, 0.25) is 0 Å². The first-order chi connectivity index (χ1) is 9.18. The van der Waals surface area contributed by atoms with E-state index in [0.717, 1.165) is 10.8 Å². The van der Waals surface area contributed by atoms with Crippen LogP contribution in [0.15, 0.2) is 54.6 Å². The van der Waals surface area contributed by atoms with E-state index in [9.17, 15) is 9.59 Å². The van der Waals surface area contributed by atoms with E-state index in [-0.39, 0.29) is 5.56 Å². The van der Waals surface area contributed by atoms with Crippen LogP contribution in [0.1, 0.15) is 10.4 Å². The molecule has 0 aromatic heterocycles. The minimum absolute atomic E-state index is 0.265. The number of benzene rings is 3. The van der Waals surface area contributed by atoms with E-state index in [1.54, 1.807) is 24.3 Å². The molecule has 0 unspecified atom stereocenters. The Morgan fingerprint density at radius 1 is 0.789 bits per heavy atom. The lowest BCUT2D eigenvalue weighted by Gasteiger charge is -2.08. The van der Waals surface area contributed by atoms with Crippen LogP contribution in [0.25, 0.3) is 21.5 Å². The Balaban J connectivity index is 2.53. The van der Waals surface area contributed by atoms with Crippen molar-refractivity contribution < 1.29 is 14.7 Å². The van der Waals surface area contributed by atoms with E-state index >= 15 is 0 Å². The molecule has 3 heteroatoms. The molecule has 0 aliphatic carbocycles. The van der Waals surface area contributed by atoms with Crippen molar-refractivity contribution in [2.75, 3.05) is 0 Å². The van der Waals surface area contributed by atoms with Crippen LogP contribution in [-0.4, -0.2) is 16.9 Å². The second kappa shape index (κ2) is 4.21. The minimum atomic E-state index is -1.43. The number of hydrogen-bond acceptors (Lipinski definition) is 2. The fraction of sp³-hybridized carbons (Fsp3) is 0. The van der Waals surface area contributed by atoms with Crippen LogP contribution in [0.5, 0.6) is 0 Å². The summed E-state index contributed by atoms with van der Waals surface area (Å²) in [5.41, 5.74) is 0.265. The molecule has 0 saturated heterocycles. The van der Waals surface area contributed by atoms with E-state index < -0.39 is 11.8 Å². The summed E-state index contributed by atoms with van der Waals surface area (Å²) in [7, 11) is 0. The third-order valence-corrected chi connectivity index (χ3v) is 3.19. The number of carbonyl (C=O) groups is 2. The van der Waals surface area contributed by atoms with Crippen molar-refractivity contribution >= 4 is 33.3 Å². The number of carboxylic acid groups (broad SMARTS) is 1. The Bertz CT molecular complexity index is 764. The summed E-state index contributed by atoms with van der Waals surface area (Å²) >= 11 is 0. The third kappa shape index (κ3) is 1.76. The van der Waals surface area contributed by atoms with Crippen molar-refractivity contribution in [1.29, 1.82) is 0 Å². The highest BCUT2D eigenvalue weighted by Crippen LogP contribution is 2.28. The fourth-order valence-corrected chi connectivity index (χ4v) is 2.37. The van der Waals surface area contributed by atoms with Crippen molar-refractivity contribution in [2.45, 2.75) is 0 Å². The summed E-state index contributed by atoms with van der Waals surface area (Å²) in [4.78, 5) is 23.0. The first kappa shape index (κ1) is 11.4. The van der Waals surface area contributed by atoms with Gasteiger partial charge in [-0.05, 0) is 27.6 Å². The highest BCUT2D eigenvalue weighted by Gasteiger charge is 2.20. The molecule has 0 aliphatic heterocycles. The fourth-order valence-electron chi connectivity index (χ4n) is 2.37. The topological polar surface area (TPSA) is 54.4 Å². The van der Waals surface area contributed by atoms with Crippen molar-refractivity contribution in [1.82, 2.24) is 0 Å². The van der Waals surface area contributed by atoms with E-state index in [4.69, 9.17) is 5.11 Å². The van der Waals surface area contributed by atoms with Crippen molar-refractivity contribution in [3.8, 4) is 0 Å². The summed E-state index contributed by atoms with van der Waals surface area (Å²) in [5, 5.41) is 12.1. The summed E-state index contributed by atoms with van der Waals surface area (Å²) < 4.78 is 0. The molecule has 3 rings (SSSR count). The summed E-state index contributed by atoms with van der Waals surface area (Å²) in [6.07, 6.45) is 0. The van der Waals surface area contributed by atoms with Crippen LogP contribution in [-0.2, 0) is 4.79 Å². The second-order valence-electron chi connectivity index (χ2n) is 4.33. The highest BCUT2D eigenvalue weighted by molar-refractivity contribution is 6.45. The maximum Gasteiger partial charge on any atom is 0.377 e. The molecule has 0 bridgehead atoms. The van der Waals surface area contributed by atoms with Crippen molar-refractivity contribution in [3.63, 3.8) is 0 Å². The van der Waals surface area contributed by atoms with E-state index in [0.29, 0.717) is 10.8 Å². The second-order valence-corrected chi connectivity index (χ2v) is 4.33. The lowest BCUT2D eigenvalue weighted by atomic mass is 9.94. The maximum absolute atomic E-state index is 12.0. The Hall–Kier alpha value is -2.68. The van der Waals surface area contributed by atoms with Gasteiger partial charge in [0.2, 0.25) is 0 Å². The molecule has 3 aromatic rings. The summed E-state index contributed by atoms with van der Waals surface area (Å²) in [5.74, 6) is -2.30. The number of Topliss-reactive ketones (excluding diaryl/α,β-unsaturated/α-hetero) is 1. The van der Waals surface area contributed by atoms with Crippen LogP contribution in [0.4, 0.5) is 0 Å². The smallest absolute Gasteiger partial charge is 0.377 e. The van der Waals surface area contributed by atoms with Crippen molar-refractivity contribution in [3.05, 3.63) is 60.2 Å². The number of ketones is 1. The Morgan fingerprint density at radius 3 is 1.74 bits per heavy atom. The van der Waals surface area contributed by atoms with Crippen LogP contribution in [0.3, 0.4) is 0 Å². The molecule has 0 spiro atoms. The standard InChI is InChI=1S/C16H10O3/c17-15(16(18)19)14-12-7-3-1-5-10(12)9-11-6-2-4-8-13(11)14/h1-9H,(H,18,19). The zero-order valence-corrected chi connectivity index (χ0v) is 9.96. The van der Waals surface area contributed by atoms with Gasteiger partial charge < -0.3 is 5.11 Å². The van der Waals surface area contributed by atoms with E-state index in [1.165, 1.54) is 0 Å². The van der Waals surface area contributed by atoms with Gasteiger partial charge in [0.25, 0.3) is 5.78 Å². The monoisotopic (exact) mass is 250 g/mol. The van der Waals surface area contributed by atoms with Crippen molar-refractivity contribution in [2.24, 2.45) is 0 Å². The van der Waals surface area contributed by atoms with Gasteiger partial charge >= 0.3 is 5.97 Å². The molecule has 3 nitrogen and oxygen atoms in total. The first-order valence-corrected chi connectivity index (χ1v) is 5.86. The number of rotatable bonds is 2. The van der Waals surface area contributed by atoms with Crippen LogP contribution >= 0.6 is 0 Å². The zero-order chi connectivity index (χ0) is 13.4. The van der Waals surface area contributed by atoms with Crippen LogP contribution in [0, 0.1) is 0 Å². The molecule has 1 N–H and O–H groups in total. The average Bonchev–Trinajstić information content (AvgIpc) is 2.43. The summed E-state index contributed by atoms with van der Waals surface area (Å²) in [6, 6.07) is 16.6. The van der Waals surface area contributed by atoms with Gasteiger partial charge in [0, 0.05) is 5.56 Å². The lowest BCUT2D eigenvalue weighted by molar-refractivity contribution is -0.131. The number of hydrogen-bond donors (Lipinski definition) is 1. The molecule has 92 valence electrons. The van der Waals surface area contributed by atoms with E-state index in [2.05, 4.69) is 0 Å². The average molecular weight is 250 g/mol. The summed E-state index contributed by atoms with van der Waals surface area (Å²) in [6.45, 7) is 0. The molecule has 19 heavy (non-hydrogen) atoms. The van der Waals surface area contributed by atoms with Gasteiger partial charge in [0.05, 0.1) is 0 Å². The number of aliphatic carboxylic acids is 1. The Morgan fingerprint density at radius 2 is 1.26 bits per heavy atom. The molecule has 0 radical (unpaired) electrons. The molecular formula is C16H10O3. The van der Waals surface area contributed by atoms with Crippen LogP contribution < -0.4 is 0 Å². The molecule has 0 heterocycles. The van der Waals surface area contributed by atoms with Gasteiger partial charge in [-0.3, -0.25) is 4.79 Å². The molecule has 3 aromatic carbocycles. The van der Waals surface area contributed by atoms with Gasteiger partial charge in [0.15, 0.2) is 0 Å². The number of carbonyl (C=O) groups excluding carboxylic acids is 1. The Labute approximate surface area is 109 Å². The highest BCUT2D eigenvalue weighted by atomic mass is 16.4. The molecule has 0 amide bonds. The lowest BCUT2D eigenvalue weighted by Crippen LogP contribution is -2.13. The maximum atomic E-state index is 12.0. The van der Waals surface area contributed by atoms with Gasteiger partial charge in [-0.2, -0.15) is 0 Å². The number of carboxylic acids is 1. The largest absolute Gasteiger partial charge is 0.475 e. The molecule has 0 saturated carbocycles. The normalized spacial score (nSPS) is 10.7. The van der Waals surface area contributed by atoms with Gasteiger partial charge in [-0.1, -0.05) is 48.5 Å². The predicted molar refractivity (Wildman–Crippen MR) is 73.4 cm³/mol. The first-order valence-electron chi connectivity index (χ1n) is 5.86. The van der Waals surface area contributed by atoms with Gasteiger partial charge in [-0.25, -0.2) is 4.79 Å². The molecule has 0 fully saturated rings. The SMILES string of the molecule is O=C(O)C(=O)c1c2ccccc2cc2ccccc12. The van der Waals surface area contributed by atoms with Gasteiger partial charge in [-0.15, -0.1) is 0 Å². The predicted octanol–water partition coefficient (Wildman–Crippen LogP) is 3.26. The zero-order valence-electron chi connectivity index (χ0n) is 9.96. The minimum Gasteiger partial charge on any atom is -0.475 e. The Kier molecular flexibility index (Phi) is 2.53. The molecule has 0 atom stereocenters. The van der Waals surface area contributed by atoms with Gasteiger partial charge in [0.1, 0.15) is 0 Å². The van der Waals surface area contributed by atoms with E-state index in [1.807, 2.05) is 30.3 Å². The molecule has 0 aliphatic rings. The number of fused-ring (bicyclic) bond motifs is 2. The quantitative estimate of drug-likeness (QED) is 0.431. The third-order valence-electron chi connectivity index (χ3n) is 3.19.